The maximum absolute atomic E-state index is 12.7. The first-order valence-electron chi connectivity index (χ1n) is 10.1. The largest absolute Gasteiger partial charge is 0.493 e. The molecule has 0 atom stereocenters. The van der Waals surface area contributed by atoms with Gasteiger partial charge in [0.15, 0.2) is 11.5 Å². The number of hydrogen-bond donors (Lipinski definition) is 1. The number of aryl methyl sites for hydroxylation is 1. The maximum Gasteiger partial charge on any atom is 0.343 e. The van der Waals surface area contributed by atoms with E-state index < -0.39 is 16.8 Å². The summed E-state index contributed by atoms with van der Waals surface area (Å²) in [6.07, 6.45) is 1.28. The van der Waals surface area contributed by atoms with Crippen LogP contribution in [0, 0.1) is 28.4 Å². The first-order valence-corrected chi connectivity index (χ1v) is 10.9. The van der Waals surface area contributed by atoms with Gasteiger partial charge in [-0.1, -0.05) is 24.3 Å². The molecule has 10 heteroatoms. The number of nitrogens with one attached hydrogen (secondary N) is 1. The highest BCUT2D eigenvalue weighted by atomic mass is 79.9. The lowest BCUT2D eigenvalue weighted by Crippen LogP contribution is -2.14. The molecule has 3 aromatic rings. The van der Waals surface area contributed by atoms with Gasteiger partial charge in [0.05, 0.1) is 22.1 Å². The van der Waals surface area contributed by atoms with Crippen LogP contribution in [-0.2, 0) is 4.79 Å². The van der Waals surface area contributed by atoms with Crippen LogP contribution >= 0.6 is 15.9 Å². The minimum absolute atomic E-state index is 0.0336. The van der Waals surface area contributed by atoms with Crippen LogP contribution in [0.4, 0.5) is 11.4 Å². The molecule has 0 radical (unpaired) electrons. The molecule has 0 aliphatic heterocycles. The Bertz CT molecular complexity index is 1380. The van der Waals surface area contributed by atoms with Gasteiger partial charge in [0.2, 0.25) is 0 Å². The molecule has 0 aliphatic carbocycles. The number of nitro benzene ring substituents is 1. The van der Waals surface area contributed by atoms with Gasteiger partial charge in [-0.2, -0.15) is 5.26 Å². The number of benzene rings is 3. The summed E-state index contributed by atoms with van der Waals surface area (Å²) in [5.41, 5.74) is 0.759. The quantitative estimate of drug-likeness (QED) is 0.106. The third-order valence-corrected chi connectivity index (χ3v) is 5.32. The zero-order valence-electron chi connectivity index (χ0n) is 18.6. The van der Waals surface area contributed by atoms with Crippen molar-refractivity contribution >= 4 is 45.3 Å². The fourth-order valence-electron chi connectivity index (χ4n) is 3.05. The molecule has 0 aliphatic rings. The average molecular weight is 536 g/mol. The highest BCUT2D eigenvalue weighted by Gasteiger charge is 2.20. The van der Waals surface area contributed by atoms with E-state index in [0.717, 1.165) is 0 Å². The molecule has 0 spiro atoms. The van der Waals surface area contributed by atoms with Gasteiger partial charge in [-0.3, -0.25) is 14.9 Å². The summed E-state index contributed by atoms with van der Waals surface area (Å²) in [5.74, 6) is -1.11. The molecule has 1 N–H and O–H groups in total. The first kappa shape index (κ1) is 25.1. The Balaban J connectivity index is 1.89. The van der Waals surface area contributed by atoms with E-state index in [4.69, 9.17) is 9.47 Å². The molecule has 0 saturated heterocycles. The van der Waals surface area contributed by atoms with Crippen molar-refractivity contribution in [2.24, 2.45) is 0 Å². The summed E-state index contributed by atoms with van der Waals surface area (Å²) < 4.78 is 11.2. The van der Waals surface area contributed by atoms with Crippen LogP contribution in [0.5, 0.6) is 11.5 Å². The predicted molar refractivity (Wildman–Crippen MR) is 132 cm³/mol. The lowest BCUT2D eigenvalue weighted by molar-refractivity contribution is -0.384. The number of ether oxygens (including phenoxy) is 2. The molecular weight excluding hydrogens is 518 g/mol. The first-order chi connectivity index (χ1) is 16.7. The fraction of sp³-hybridized carbons (Fsp3) is 0.0800. The molecule has 0 unspecified atom stereocenters. The van der Waals surface area contributed by atoms with Crippen molar-refractivity contribution in [2.75, 3.05) is 12.4 Å². The van der Waals surface area contributed by atoms with Crippen molar-refractivity contribution in [2.45, 2.75) is 6.92 Å². The predicted octanol–water partition coefficient (Wildman–Crippen LogP) is 5.44. The lowest BCUT2D eigenvalue weighted by atomic mass is 10.1. The molecule has 0 fully saturated rings. The summed E-state index contributed by atoms with van der Waals surface area (Å²) in [6, 6.07) is 17.5. The van der Waals surface area contributed by atoms with Crippen molar-refractivity contribution in [3.8, 4) is 17.6 Å². The van der Waals surface area contributed by atoms with Crippen molar-refractivity contribution in [3.63, 3.8) is 0 Å². The van der Waals surface area contributed by atoms with Gasteiger partial charge in [-0.15, -0.1) is 0 Å². The van der Waals surface area contributed by atoms with E-state index in [1.165, 1.54) is 37.5 Å². The summed E-state index contributed by atoms with van der Waals surface area (Å²) in [7, 11) is 1.38. The SMILES string of the molecule is COc1cc(/C=C(\C#N)C(=O)Nc2ccc(C)cc2[N+](=O)[O-])cc(Br)c1OC(=O)c1ccccc1. The highest BCUT2D eigenvalue weighted by molar-refractivity contribution is 9.10. The average Bonchev–Trinajstić information content (AvgIpc) is 2.85. The van der Waals surface area contributed by atoms with E-state index in [2.05, 4.69) is 21.2 Å². The lowest BCUT2D eigenvalue weighted by Gasteiger charge is -2.12. The van der Waals surface area contributed by atoms with Crippen LogP contribution in [0.1, 0.15) is 21.5 Å². The molecule has 0 heterocycles. The Morgan fingerprint density at radius 1 is 1.14 bits per heavy atom. The van der Waals surface area contributed by atoms with Crippen LogP contribution in [0.15, 0.2) is 70.7 Å². The normalized spacial score (nSPS) is 10.7. The van der Waals surface area contributed by atoms with Crippen LogP contribution in [0.25, 0.3) is 6.08 Å². The number of nitro groups is 1. The Morgan fingerprint density at radius 3 is 2.49 bits per heavy atom. The zero-order chi connectivity index (χ0) is 25.5. The highest BCUT2D eigenvalue weighted by Crippen LogP contribution is 2.38. The smallest absolute Gasteiger partial charge is 0.343 e. The van der Waals surface area contributed by atoms with Gasteiger partial charge in [0, 0.05) is 6.07 Å². The minimum atomic E-state index is -0.825. The van der Waals surface area contributed by atoms with Gasteiger partial charge in [0.1, 0.15) is 17.3 Å². The van der Waals surface area contributed by atoms with E-state index in [9.17, 15) is 25.0 Å². The summed E-state index contributed by atoms with van der Waals surface area (Å²) in [4.78, 5) is 35.8. The van der Waals surface area contributed by atoms with Crippen molar-refractivity contribution < 1.29 is 24.0 Å². The topological polar surface area (TPSA) is 132 Å². The van der Waals surface area contributed by atoms with Gasteiger partial charge in [-0.05, 0) is 70.4 Å². The second-order valence-electron chi connectivity index (χ2n) is 7.19. The maximum atomic E-state index is 12.7. The van der Waals surface area contributed by atoms with Crippen LogP contribution < -0.4 is 14.8 Å². The Hall–Kier alpha value is -4.49. The van der Waals surface area contributed by atoms with E-state index >= 15 is 0 Å². The molecule has 0 aromatic heterocycles. The molecule has 9 nitrogen and oxygen atoms in total. The zero-order valence-corrected chi connectivity index (χ0v) is 20.2. The summed E-state index contributed by atoms with van der Waals surface area (Å²) >= 11 is 3.33. The number of carbonyl (C=O) groups is 2. The van der Waals surface area contributed by atoms with Gasteiger partial charge < -0.3 is 14.8 Å². The second-order valence-corrected chi connectivity index (χ2v) is 8.05. The summed E-state index contributed by atoms with van der Waals surface area (Å²) in [5, 5.41) is 23.2. The Kier molecular flexibility index (Phi) is 7.96. The molecule has 0 saturated carbocycles. The number of methoxy groups -OCH3 is 1. The Labute approximate surface area is 208 Å². The van der Waals surface area contributed by atoms with Gasteiger partial charge in [0.25, 0.3) is 11.6 Å². The van der Waals surface area contributed by atoms with Crippen LogP contribution in [0.3, 0.4) is 0 Å². The Morgan fingerprint density at radius 2 is 1.86 bits per heavy atom. The van der Waals surface area contributed by atoms with Crippen molar-refractivity contribution in [3.05, 3.63) is 97.5 Å². The van der Waals surface area contributed by atoms with Crippen LogP contribution in [0.2, 0.25) is 0 Å². The van der Waals surface area contributed by atoms with Crippen LogP contribution in [-0.4, -0.2) is 23.9 Å². The van der Waals surface area contributed by atoms with Crippen molar-refractivity contribution in [1.29, 1.82) is 5.26 Å². The van der Waals surface area contributed by atoms with Crippen molar-refractivity contribution in [1.82, 2.24) is 0 Å². The summed E-state index contributed by atoms with van der Waals surface area (Å²) in [6.45, 7) is 1.69. The van der Waals surface area contributed by atoms with Gasteiger partial charge >= 0.3 is 5.97 Å². The van der Waals surface area contributed by atoms with E-state index in [1.54, 1.807) is 49.4 Å². The second kappa shape index (κ2) is 11.1. The number of amides is 1. The number of esters is 1. The van der Waals surface area contributed by atoms with E-state index in [0.29, 0.717) is 21.2 Å². The molecule has 3 rings (SSSR count). The number of carbonyl (C=O) groups excluding carboxylic acids is 2. The van der Waals surface area contributed by atoms with E-state index in [1.807, 2.05) is 0 Å². The molecule has 0 bridgehead atoms. The number of nitriles is 1. The van der Waals surface area contributed by atoms with E-state index in [-0.39, 0.29) is 28.4 Å². The number of halogens is 1. The number of hydrogen-bond acceptors (Lipinski definition) is 7. The molecule has 1 amide bonds. The van der Waals surface area contributed by atoms with Gasteiger partial charge in [-0.25, -0.2) is 4.79 Å². The standard InChI is InChI=1S/C25H18BrN3O6/c1-15-8-9-20(21(10-15)29(32)33)28-24(30)18(14-27)11-16-12-19(26)23(22(13-16)34-2)35-25(31)17-6-4-3-5-7-17/h3-13H,1-2H3,(H,28,30)/b18-11+. The molecule has 176 valence electrons. The monoisotopic (exact) mass is 535 g/mol. The number of anilines is 1. The number of nitrogens with zero attached hydrogens (tertiary/aromatic N) is 2. The third-order valence-electron chi connectivity index (χ3n) is 4.73. The fourth-order valence-corrected chi connectivity index (χ4v) is 3.59. The number of rotatable bonds is 7. The molecule has 35 heavy (non-hydrogen) atoms. The third kappa shape index (κ3) is 6.10. The minimum Gasteiger partial charge on any atom is -0.493 e. The molecular formula is C25H18BrN3O6. The molecule has 3 aromatic carbocycles.